The Labute approximate surface area is 103 Å². The van der Waals surface area contributed by atoms with Crippen molar-refractivity contribution in [3.8, 4) is 0 Å². The zero-order valence-corrected chi connectivity index (χ0v) is 10.2. The van der Waals surface area contributed by atoms with Gasteiger partial charge in [0, 0.05) is 5.56 Å². The summed E-state index contributed by atoms with van der Waals surface area (Å²) < 4.78 is 30.2. The summed E-state index contributed by atoms with van der Waals surface area (Å²) in [5, 5.41) is 0.119. The summed E-state index contributed by atoms with van der Waals surface area (Å²) in [4.78, 5) is 15.0. The van der Waals surface area contributed by atoms with Gasteiger partial charge in [-0.25, -0.2) is 13.8 Å². The number of hydrogen-bond acceptors (Lipinski definition) is 3. The van der Waals surface area contributed by atoms with Crippen LogP contribution in [0.4, 0.5) is 8.78 Å². The molecule has 0 aliphatic heterocycles. The highest BCUT2D eigenvalue weighted by Gasteiger charge is 2.19. The molecule has 0 N–H and O–H groups in total. The number of carbonyl (C=O) groups excluding carboxylic acids is 1. The highest BCUT2D eigenvalue weighted by Crippen LogP contribution is 2.26. The van der Waals surface area contributed by atoms with E-state index in [-0.39, 0.29) is 29.4 Å². The van der Waals surface area contributed by atoms with Crippen LogP contribution in [0.15, 0.2) is 6.07 Å². The lowest BCUT2D eigenvalue weighted by Crippen LogP contribution is -2.11. The third-order valence-electron chi connectivity index (χ3n) is 2.12. The molecule has 0 unspecified atom stereocenters. The second kappa shape index (κ2) is 5.91. The Morgan fingerprint density at radius 3 is 2.76 bits per heavy atom. The van der Waals surface area contributed by atoms with Gasteiger partial charge in [-0.05, 0) is 25.5 Å². The largest absolute Gasteiger partial charge is 0.466 e. The van der Waals surface area contributed by atoms with Crippen molar-refractivity contribution in [2.24, 2.45) is 0 Å². The highest BCUT2D eigenvalue weighted by atomic mass is 35.5. The maximum Gasteiger partial charge on any atom is 0.311 e. The van der Waals surface area contributed by atoms with Crippen LogP contribution in [0, 0.1) is 6.92 Å². The van der Waals surface area contributed by atoms with Gasteiger partial charge < -0.3 is 4.74 Å². The Kier molecular flexibility index (Phi) is 4.81. The number of alkyl halides is 2. The van der Waals surface area contributed by atoms with Crippen molar-refractivity contribution in [3.05, 3.63) is 28.0 Å². The molecule has 1 rings (SSSR count). The van der Waals surface area contributed by atoms with E-state index in [4.69, 9.17) is 11.6 Å². The Morgan fingerprint density at radius 1 is 1.59 bits per heavy atom. The highest BCUT2D eigenvalue weighted by molar-refractivity contribution is 6.30. The van der Waals surface area contributed by atoms with Crippen LogP contribution in [0.25, 0.3) is 0 Å². The van der Waals surface area contributed by atoms with Gasteiger partial charge in [0.1, 0.15) is 5.15 Å². The third-order valence-corrected chi connectivity index (χ3v) is 2.50. The Morgan fingerprint density at radius 2 is 2.24 bits per heavy atom. The number of rotatable bonds is 4. The molecular weight excluding hydrogens is 252 g/mol. The average molecular weight is 264 g/mol. The standard InChI is InChI=1S/C11H12ClF2NO2/c1-3-17-9(16)5-8-7(11(13)14)4-6(2)10(12)15-8/h4,11H,3,5H2,1-2H3. The fourth-order valence-corrected chi connectivity index (χ4v) is 1.48. The summed E-state index contributed by atoms with van der Waals surface area (Å²) in [7, 11) is 0. The molecule has 0 aliphatic rings. The van der Waals surface area contributed by atoms with E-state index < -0.39 is 12.4 Å². The summed E-state index contributed by atoms with van der Waals surface area (Å²) >= 11 is 5.74. The fraction of sp³-hybridized carbons (Fsp3) is 0.455. The van der Waals surface area contributed by atoms with E-state index in [9.17, 15) is 13.6 Å². The first-order valence-corrected chi connectivity index (χ1v) is 5.43. The quantitative estimate of drug-likeness (QED) is 0.619. The number of esters is 1. The Bertz CT molecular complexity index is 424. The number of hydrogen-bond donors (Lipinski definition) is 0. The molecule has 0 spiro atoms. The van der Waals surface area contributed by atoms with Gasteiger partial charge in [0.05, 0.1) is 18.7 Å². The molecule has 0 bridgehead atoms. The van der Waals surface area contributed by atoms with Gasteiger partial charge in [0.25, 0.3) is 6.43 Å². The first kappa shape index (κ1) is 13.8. The van der Waals surface area contributed by atoms with E-state index in [0.717, 1.165) is 0 Å². The molecule has 6 heteroatoms. The number of carbonyl (C=O) groups is 1. The van der Waals surface area contributed by atoms with Crippen molar-refractivity contribution in [1.29, 1.82) is 0 Å². The van der Waals surface area contributed by atoms with Crippen LogP contribution in [-0.2, 0) is 16.0 Å². The van der Waals surface area contributed by atoms with Crippen molar-refractivity contribution in [3.63, 3.8) is 0 Å². The van der Waals surface area contributed by atoms with Gasteiger partial charge in [0.2, 0.25) is 0 Å². The van der Waals surface area contributed by atoms with Crippen LogP contribution >= 0.6 is 11.6 Å². The number of ether oxygens (including phenoxy) is 1. The predicted octanol–water partition coefficient (Wildman–Crippen LogP) is 3.09. The van der Waals surface area contributed by atoms with E-state index in [0.29, 0.717) is 5.56 Å². The van der Waals surface area contributed by atoms with Gasteiger partial charge in [-0.3, -0.25) is 4.79 Å². The Hall–Kier alpha value is -1.23. The second-order valence-corrected chi connectivity index (χ2v) is 3.77. The molecule has 1 heterocycles. The minimum Gasteiger partial charge on any atom is -0.466 e. The van der Waals surface area contributed by atoms with E-state index in [1.165, 1.54) is 6.07 Å². The van der Waals surface area contributed by atoms with Gasteiger partial charge >= 0.3 is 5.97 Å². The predicted molar refractivity (Wildman–Crippen MR) is 59.3 cm³/mol. The maximum absolute atomic E-state index is 12.7. The summed E-state index contributed by atoms with van der Waals surface area (Å²) in [5.74, 6) is -0.596. The number of halogens is 3. The SMILES string of the molecule is CCOC(=O)Cc1nc(Cl)c(C)cc1C(F)F. The molecule has 94 valence electrons. The molecule has 0 aromatic carbocycles. The van der Waals surface area contributed by atoms with E-state index in [1.54, 1.807) is 13.8 Å². The lowest BCUT2D eigenvalue weighted by molar-refractivity contribution is -0.142. The number of nitrogens with zero attached hydrogens (tertiary/aromatic N) is 1. The van der Waals surface area contributed by atoms with Crippen LogP contribution in [0.5, 0.6) is 0 Å². The van der Waals surface area contributed by atoms with Crippen LogP contribution in [0.2, 0.25) is 5.15 Å². The lowest BCUT2D eigenvalue weighted by atomic mass is 10.1. The normalized spacial score (nSPS) is 10.7. The van der Waals surface area contributed by atoms with Crippen molar-refractivity contribution in [2.75, 3.05) is 6.61 Å². The van der Waals surface area contributed by atoms with Gasteiger partial charge in [-0.15, -0.1) is 0 Å². The summed E-state index contributed by atoms with van der Waals surface area (Å²) in [6, 6.07) is 1.24. The molecule has 0 aliphatic carbocycles. The van der Waals surface area contributed by atoms with Crippen molar-refractivity contribution in [1.82, 2.24) is 4.98 Å². The van der Waals surface area contributed by atoms with Crippen LogP contribution in [0.1, 0.15) is 30.2 Å². The fourth-order valence-electron chi connectivity index (χ4n) is 1.33. The number of aromatic nitrogens is 1. The zero-order chi connectivity index (χ0) is 13.0. The van der Waals surface area contributed by atoms with Crippen LogP contribution in [-0.4, -0.2) is 17.6 Å². The van der Waals surface area contributed by atoms with Crippen molar-refractivity contribution < 1.29 is 18.3 Å². The molecule has 1 aromatic rings. The minimum atomic E-state index is -2.69. The molecule has 17 heavy (non-hydrogen) atoms. The van der Waals surface area contributed by atoms with Gasteiger partial charge in [-0.2, -0.15) is 0 Å². The maximum atomic E-state index is 12.7. The molecule has 1 aromatic heterocycles. The third kappa shape index (κ3) is 3.63. The van der Waals surface area contributed by atoms with Crippen molar-refractivity contribution in [2.45, 2.75) is 26.7 Å². The molecule has 0 amide bonds. The van der Waals surface area contributed by atoms with Gasteiger partial charge in [-0.1, -0.05) is 11.6 Å². The van der Waals surface area contributed by atoms with E-state index in [1.807, 2.05) is 0 Å². The molecular formula is C11H12ClF2NO2. The molecule has 0 atom stereocenters. The lowest BCUT2D eigenvalue weighted by Gasteiger charge is -2.09. The molecule has 0 radical (unpaired) electrons. The summed E-state index contributed by atoms with van der Waals surface area (Å²) in [6.07, 6.45) is -2.99. The monoisotopic (exact) mass is 263 g/mol. The van der Waals surface area contributed by atoms with Crippen LogP contribution < -0.4 is 0 Å². The number of aryl methyl sites for hydroxylation is 1. The molecule has 0 saturated carbocycles. The van der Waals surface area contributed by atoms with E-state index in [2.05, 4.69) is 9.72 Å². The Balaban J connectivity index is 3.04. The summed E-state index contributed by atoms with van der Waals surface area (Å²) in [5.41, 5.74) is 0.142. The first-order valence-electron chi connectivity index (χ1n) is 5.05. The molecule has 0 fully saturated rings. The zero-order valence-electron chi connectivity index (χ0n) is 9.47. The minimum absolute atomic E-state index is 0.0333. The second-order valence-electron chi connectivity index (χ2n) is 3.41. The smallest absolute Gasteiger partial charge is 0.311 e. The van der Waals surface area contributed by atoms with Crippen LogP contribution in [0.3, 0.4) is 0 Å². The molecule has 0 saturated heterocycles. The van der Waals surface area contributed by atoms with Gasteiger partial charge in [0.15, 0.2) is 0 Å². The molecule has 3 nitrogen and oxygen atoms in total. The average Bonchev–Trinajstić information content (AvgIpc) is 2.23. The topological polar surface area (TPSA) is 39.2 Å². The first-order chi connectivity index (χ1) is 7.95. The van der Waals surface area contributed by atoms with E-state index >= 15 is 0 Å². The number of pyridine rings is 1. The summed E-state index contributed by atoms with van der Waals surface area (Å²) in [6.45, 7) is 3.42. The van der Waals surface area contributed by atoms with Crippen molar-refractivity contribution >= 4 is 17.6 Å².